The lowest BCUT2D eigenvalue weighted by molar-refractivity contribution is -0.141. The zero-order valence-corrected chi connectivity index (χ0v) is 11.9. The number of carboxylic acid groups (broad SMARTS) is 1. The lowest BCUT2D eigenvalue weighted by Gasteiger charge is -2.24. The topological polar surface area (TPSA) is 66.8 Å². The highest BCUT2D eigenvalue weighted by molar-refractivity contribution is 5.78. The molecule has 1 N–H and O–H groups in total. The Kier molecular flexibility index (Phi) is 6.84. The summed E-state index contributed by atoms with van der Waals surface area (Å²) in [5.74, 6) is -0.649. The fourth-order valence-corrected chi connectivity index (χ4v) is 2.32. The molecule has 5 heteroatoms. The van der Waals surface area contributed by atoms with E-state index in [-0.39, 0.29) is 31.6 Å². The van der Waals surface area contributed by atoms with Crippen LogP contribution in [-0.4, -0.2) is 47.7 Å². The van der Waals surface area contributed by atoms with Crippen LogP contribution in [0.4, 0.5) is 0 Å². The van der Waals surface area contributed by atoms with Gasteiger partial charge in [-0.05, 0) is 18.8 Å². The average molecular weight is 271 g/mol. The molecule has 1 fully saturated rings. The Balaban J connectivity index is 2.37. The zero-order valence-electron chi connectivity index (χ0n) is 11.9. The third-order valence-corrected chi connectivity index (χ3v) is 3.28. The monoisotopic (exact) mass is 271 g/mol. The molecule has 5 nitrogen and oxygen atoms in total. The van der Waals surface area contributed by atoms with Crippen molar-refractivity contribution < 1.29 is 19.4 Å². The first-order valence-corrected chi connectivity index (χ1v) is 7.10. The number of carboxylic acids is 1. The van der Waals surface area contributed by atoms with E-state index in [2.05, 4.69) is 0 Å². The Morgan fingerprint density at radius 1 is 1.32 bits per heavy atom. The number of hydrogen-bond acceptors (Lipinski definition) is 3. The molecule has 0 spiro atoms. The third kappa shape index (κ3) is 6.57. The van der Waals surface area contributed by atoms with E-state index in [0.29, 0.717) is 12.5 Å². The number of carbonyl (C=O) groups excluding carboxylic acids is 1. The second kappa shape index (κ2) is 8.15. The number of ether oxygens (including phenoxy) is 1. The lowest BCUT2D eigenvalue weighted by atomic mass is 10.2. The predicted octanol–water partition coefficient (Wildman–Crippen LogP) is 1.90. The van der Waals surface area contributed by atoms with Crippen molar-refractivity contribution in [3.05, 3.63) is 0 Å². The van der Waals surface area contributed by atoms with Crippen molar-refractivity contribution >= 4 is 11.9 Å². The second-order valence-electron chi connectivity index (χ2n) is 5.59. The van der Waals surface area contributed by atoms with Crippen molar-refractivity contribution in [1.82, 2.24) is 4.90 Å². The number of amides is 1. The number of carbonyl (C=O) groups is 2. The number of hydrogen-bond donors (Lipinski definition) is 1. The van der Waals surface area contributed by atoms with Gasteiger partial charge in [-0.3, -0.25) is 9.59 Å². The van der Waals surface area contributed by atoms with E-state index >= 15 is 0 Å². The first-order chi connectivity index (χ1) is 8.99. The first-order valence-electron chi connectivity index (χ1n) is 7.10. The molecule has 0 unspecified atom stereocenters. The molecular formula is C14H25NO4. The Morgan fingerprint density at radius 2 is 1.95 bits per heavy atom. The summed E-state index contributed by atoms with van der Waals surface area (Å²) in [5.41, 5.74) is 0. The molecule has 0 atom stereocenters. The molecule has 0 aliphatic heterocycles. The second-order valence-corrected chi connectivity index (χ2v) is 5.59. The van der Waals surface area contributed by atoms with Gasteiger partial charge in [0.2, 0.25) is 5.91 Å². The van der Waals surface area contributed by atoms with Crippen molar-refractivity contribution in [1.29, 1.82) is 0 Å². The van der Waals surface area contributed by atoms with Crippen LogP contribution in [0.2, 0.25) is 0 Å². The highest BCUT2D eigenvalue weighted by atomic mass is 16.5. The summed E-state index contributed by atoms with van der Waals surface area (Å²) < 4.78 is 5.60. The van der Waals surface area contributed by atoms with Gasteiger partial charge in [0.25, 0.3) is 0 Å². The summed E-state index contributed by atoms with van der Waals surface area (Å²) in [7, 11) is 0. The molecule has 110 valence electrons. The molecule has 0 radical (unpaired) electrons. The Bertz CT molecular complexity index is 298. The van der Waals surface area contributed by atoms with Gasteiger partial charge in [0, 0.05) is 13.1 Å². The summed E-state index contributed by atoms with van der Waals surface area (Å²) >= 11 is 0. The van der Waals surface area contributed by atoms with Crippen LogP contribution >= 0.6 is 0 Å². The molecule has 1 aliphatic carbocycles. The van der Waals surface area contributed by atoms with Crippen molar-refractivity contribution in [3.8, 4) is 0 Å². The standard InChI is InChI=1S/C14H25NO4/c1-11(2)9-15(8-7-14(17)18)13(16)10-19-12-5-3-4-6-12/h11-12H,3-10H2,1-2H3,(H,17,18). The minimum absolute atomic E-state index is 0.0120. The smallest absolute Gasteiger partial charge is 0.305 e. The van der Waals surface area contributed by atoms with Crippen molar-refractivity contribution in [2.24, 2.45) is 5.92 Å². The molecular weight excluding hydrogens is 246 g/mol. The number of aliphatic carboxylic acids is 1. The lowest BCUT2D eigenvalue weighted by Crippen LogP contribution is -2.38. The fraction of sp³-hybridized carbons (Fsp3) is 0.857. The summed E-state index contributed by atoms with van der Waals surface area (Å²) in [6.45, 7) is 4.95. The quantitative estimate of drug-likeness (QED) is 0.732. The normalized spacial score (nSPS) is 15.9. The van der Waals surface area contributed by atoms with E-state index in [1.807, 2.05) is 13.8 Å². The van der Waals surface area contributed by atoms with Gasteiger partial charge in [0.1, 0.15) is 6.61 Å². The van der Waals surface area contributed by atoms with E-state index in [0.717, 1.165) is 12.8 Å². The molecule has 1 rings (SSSR count). The van der Waals surface area contributed by atoms with Gasteiger partial charge in [-0.25, -0.2) is 0 Å². The minimum Gasteiger partial charge on any atom is -0.481 e. The zero-order chi connectivity index (χ0) is 14.3. The fourth-order valence-electron chi connectivity index (χ4n) is 2.32. The van der Waals surface area contributed by atoms with E-state index in [1.165, 1.54) is 12.8 Å². The maximum absolute atomic E-state index is 12.1. The van der Waals surface area contributed by atoms with Gasteiger partial charge in [-0.15, -0.1) is 0 Å². The summed E-state index contributed by atoms with van der Waals surface area (Å²) in [4.78, 5) is 24.3. The Hall–Kier alpha value is -1.10. The maximum Gasteiger partial charge on any atom is 0.305 e. The third-order valence-electron chi connectivity index (χ3n) is 3.28. The van der Waals surface area contributed by atoms with Crippen LogP contribution in [0.25, 0.3) is 0 Å². The van der Waals surface area contributed by atoms with Gasteiger partial charge in [-0.2, -0.15) is 0 Å². The molecule has 1 amide bonds. The summed E-state index contributed by atoms with van der Waals surface area (Å²) in [6, 6.07) is 0. The van der Waals surface area contributed by atoms with Crippen LogP contribution in [0.1, 0.15) is 46.0 Å². The SMILES string of the molecule is CC(C)CN(CCC(=O)O)C(=O)COC1CCCC1. The highest BCUT2D eigenvalue weighted by Gasteiger charge is 2.20. The van der Waals surface area contributed by atoms with E-state index in [4.69, 9.17) is 9.84 Å². The number of rotatable bonds is 8. The molecule has 1 saturated carbocycles. The van der Waals surface area contributed by atoms with Crippen LogP contribution in [-0.2, 0) is 14.3 Å². The molecule has 19 heavy (non-hydrogen) atoms. The maximum atomic E-state index is 12.1. The van der Waals surface area contributed by atoms with Gasteiger partial charge < -0.3 is 14.7 Å². The molecule has 0 aromatic carbocycles. The van der Waals surface area contributed by atoms with Crippen molar-refractivity contribution in [2.75, 3.05) is 19.7 Å². The van der Waals surface area contributed by atoms with Gasteiger partial charge in [-0.1, -0.05) is 26.7 Å². The molecule has 0 bridgehead atoms. The summed E-state index contributed by atoms with van der Waals surface area (Å²) in [5, 5.41) is 8.71. The van der Waals surface area contributed by atoms with Crippen molar-refractivity contribution in [2.45, 2.75) is 52.1 Å². The molecule has 0 aromatic heterocycles. The van der Waals surface area contributed by atoms with E-state index in [1.54, 1.807) is 4.90 Å². The number of nitrogens with zero attached hydrogens (tertiary/aromatic N) is 1. The average Bonchev–Trinajstić information content (AvgIpc) is 2.83. The van der Waals surface area contributed by atoms with Gasteiger partial charge >= 0.3 is 5.97 Å². The van der Waals surface area contributed by atoms with Crippen LogP contribution < -0.4 is 0 Å². The first kappa shape index (κ1) is 16.0. The highest BCUT2D eigenvalue weighted by Crippen LogP contribution is 2.20. The Morgan fingerprint density at radius 3 is 2.47 bits per heavy atom. The van der Waals surface area contributed by atoms with E-state index < -0.39 is 5.97 Å². The van der Waals surface area contributed by atoms with Crippen LogP contribution in [0, 0.1) is 5.92 Å². The van der Waals surface area contributed by atoms with Crippen LogP contribution in [0.5, 0.6) is 0 Å². The van der Waals surface area contributed by atoms with Gasteiger partial charge in [0.15, 0.2) is 0 Å². The molecule has 0 aromatic rings. The van der Waals surface area contributed by atoms with Crippen LogP contribution in [0.15, 0.2) is 0 Å². The molecule has 1 aliphatic rings. The van der Waals surface area contributed by atoms with Gasteiger partial charge in [0.05, 0.1) is 12.5 Å². The summed E-state index contributed by atoms with van der Waals surface area (Å²) in [6.07, 6.45) is 4.62. The van der Waals surface area contributed by atoms with E-state index in [9.17, 15) is 9.59 Å². The largest absolute Gasteiger partial charge is 0.481 e. The predicted molar refractivity (Wildman–Crippen MR) is 71.9 cm³/mol. The molecule has 0 saturated heterocycles. The minimum atomic E-state index is -0.877. The Labute approximate surface area is 114 Å². The molecule has 0 heterocycles. The van der Waals surface area contributed by atoms with Crippen molar-refractivity contribution in [3.63, 3.8) is 0 Å². The van der Waals surface area contributed by atoms with Crippen LogP contribution in [0.3, 0.4) is 0 Å².